The molecule has 1 saturated carbocycles. The van der Waals surface area contributed by atoms with Gasteiger partial charge in [-0.25, -0.2) is 0 Å². The Kier molecular flexibility index (Phi) is 5.99. The summed E-state index contributed by atoms with van der Waals surface area (Å²) in [4.78, 5) is 8.00. The zero-order valence-corrected chi connectivity index (χ0v) is 8.38. The summed E-state index contributed by atoms with van der Waals surface area (Å²) in [5.41, 5.74) is 0. The van der Waals surface area contributed by atoms with Crippen LogP contribution in [-0.4, -0.2) is 20.0 Å². The van der Waals surface area contributed by atoms with Crippen molar-refractivity contribution >= 4 is 6.79 Å². The van der Waals surface area contributed by atoms with E-state index in [1.165, 1.54) is 19.3 Å². The molecule has 0 radical (unpaired) electrons. The molecule has 0 bridgehead atoms. The Hall–Kier alpha value is -0.370. The van der Waals surface area contributed by atoms with Crippen LogP contribution in [0.5, 0.6) is 0 Å². The lowest BCUT2D eigenvalue weighted by atomic mass is 9.81. The first-order valence-electron chi connectivity index (χ1n) is 4.55. The average Bonchev–Trinajstić information content (AvgIpc) is 2.08. The molecule has 1 rings (SSSR count). The quantitative estimate of drug-likeness (QED) is 0.606. The number of rotatable bonds is 1. The third kappa shape index (κ3) is 3.35. The lowest BCUT2D eigenvalue weighted by Crippen LogP contribution is -2.27. The van der Waals surface area contributed by atoms with Crippen molar-refractivity contribution in [1.29, 1.82) is 0 Å². The molecule has 0 aromatic carbocycles. The number of methoxy groups -OCH3 is 1. The molecule has 0 heterocycles. The minimum Gasteiger partial charge on any atom is -0.381 e. The van der Waals surface area contributed by atoms with E-state index in [4.69, 9.17) is 9.53 Å². The van der Waals surface area contributed by atoms with Crippen molar-refractivity contribution in [2.75, 3.05) is 7.11 Å². The van der Waals surface area contributed by atoms with Gasteiger partial charge in [-0.3, -0.25) is 0 Å². The van der Waals surface area contributed by atoms with Gasteiger partial charge in [0, 0.05) is 7.11 Å². The molecule has 0 aromatic heterocycles. The Labute approximate surface area is 75.3 Å². The van der Waals surface area contributed by atoms with Gasteiger partial charge in [-0.05, 0) is 31.1 Å². The van der Waals surface area contributed by atoms with Crippen LogP contribution in [0, 0.1) is 11.8 Å². The van der Waals surface area contributed by atoms with Gasteiger partial charge in [0.15, 0.2) is 0 Å². The lowest BCUT2D eigenvalue weighted by Gasteiger charge is -2.31. The van der Waals surface area contributed by atoms with Gasteiger partial charge in [0.1, 0.15) is 6.79 Å². The van der Waals surface area contributed by atoms with E-state index in [2.05, 4.69) is 13.8 Å². The van der Waals surface area contributed by atoms with E-state index in [0.29, 0.717) is 6.10 Å². The molecule has 3 unspecified atom stereocenters. The molecular weight excluding hydrogens is 152 g/mol. The molecule has 1 aliphatic carbocycles. The number of hydrogen-bond donors (Lipinski definition) is 0. The molecule has 1 aliphatic rings. The molecule has 72 valence electrons. The lowest BCUT2D eigenvalue weighted by molar-refractivity contribution is -0.0979. The Morgan fingerprint density at radius 3 is 2.25 bits per heavy atom. The van der Waals surface area contributed by atoms with E-state index < -0.39 is 0 Å². The Balaban J connectivity index is 0.000000561. The van der Waals surface area contributed by atoms with Gasteiger partial charge < -0.3 is 9.53 Å². The molecule has 3 atom stereocenters. The van der Waals surface area contributed by atoms with Crippen molar-refractivity contribution < 1.29 is 9.53 Å². The van der Waals surface area contributed by atoms with Crippen molar-refractivity contribution in [2.45, 2.75) is 39.2 Å². The second kappa shape index (κ2) is 6.18. The minimum atomic E-state index is 0.538. The van der Waals surface area contributed by atoms with Crippen LogP contribution < -0.4 is 0 Å². The second-order valence-corrected chi connectivity index (χ2v) is 3.67. The van der Waals surface area contributed by atoms with Crippen molar-refractivity contribution in [2.24, 2.45) is 11.8 Å². The molecule has 1 fully saturated rings. The molecule has 0 aliphatic heterocycles. The first kappa shape index (κ1) is 11.6. The Bertz CT molecular complexity index is 114. The third-order valence-corrected chi connectivity index (χ3v) is 2.66. The van der Waals surface area contributed by atoms with E-state index in [-0.39, 0.29) is 0 Å². The maximum atomic E-state index is 8.00. The highest BCUT2D eigenvalue weighted by Gasteiger charge is 2.24. The standard InChI is InChI=1S/C9H18O.CH2O/c1-7-4-5-9(10-3)8(2)6-7;1-2/h7-9H,4-6H2,1-3H3;1H2. The molecule has 0 N–H and O–H groups in total. The van der Waals surface area contributed by atoms with E-state index in [1.54, 1.807) is 0 Å². The number of hydrogen-bond acceptors (Lipinski definition) is 2. The smallest absolute Gasteiger partial charge is 0.106 e. The van der Waals surface area contributed by atoms with Gasteiger partial charge in [-0.15, -0.1) is 0 Å². The van der Waals surface area contributed by atoms with Gasteiger partial charge in [0.05, 0.1) is 6.10 Å². The zero-order valence-electron chi connectivity index (χ0n) is 8.38. The van der Waals surface area contributed by atoms with E-state index in [0.717, 1.165) is 11.8 Å². The van der Waals surface area contributed by atoms with Crippen LogP contribution in [0.2, 0.25) is 0 Å². The van der Waals surface area contributed by atoms with Gasteiger partial charge in [-0.2, -0.15) is 0 Å². The SMILES string of the molecule is C=O.COC1CCC(C)CC1C. The normalized spacial score (nSPS) is 35.1. The number of ether oxygens (including phenoxy) is 1. The van der Waals surface area contributed by atoms with Crippen LogP contribution in [0.15, 0.2) is 0 Å². The van der Waals surface area contributed by atoms with Crippen LogP contribution in [-0.2, 0) is 9.53 Å². The van der Waals surface area contributed by atoms with Crippen LogP contribution in [0.3, 0.4) is 0 Å². The molecular formula is C10H20O2. The minimum absolute atomic E-state index is 0.538. The van der Waals surface area contributed by atoms with E-state index >= 15 is 0 Å². The third-order valence-electron chi connectivity index (χ3n) is 2.66. The summed E-state index contributed by atoms with van der Waals surface area (Å²) < 4.78 is 5.35. The summed E-state index contributed by atoms with van der Waals surface area (Å²) in [6.07, 6.45) is 4.50. The predicted octanol–water partition coefficient (Wildman–Crippen LogP) is 2.27. The highest BCUT2D eigenvalue weighted by atomic mass is 16.5. The highest BCUT2D eigenvalue weighted by molar-refractivity contribution is 5.10. The fourth-order valence-electron chi connectivity index (χ4n) is 1.99. The van der Waals surface area contributed by atoms with Crippen LogP contribution in [0.1, 0.15) is 33.1 Å². The van der Waals surface area contributed by atoms with Crippen LogP contribution in [0.4, 0.5) is 0 Å². The first-order chi connectivity index (χ1) is 5.74. The average molecular weight is 172 g/mol. The van der Waals surface area contributed by atoms with Crippen LogP contribution in [0.25, 0.3) is 0 Å². The maximum Gasteiger partial charge on any atom is 0.106 e. The molecule has 0 saturated heterocycles. The van der Waals surface area contributed by atoms with Gasteiger partial charge >= 0.3 is 0 Å². The van der Waals surface area contributed by atoms with Crippen molar-refractivity contribution in [3.05, 3.63) is 0 Å². The van der Waals surface area contributed by atoms with Gasteiger partial charge in [-0.1, -0.05) is 13.8 Å². The Morgan fingerprint density at radius 1 is 1.25 bits per heavy atom. The first-order valence-corrected chi connectivity index (χ1v) is 4.55. The number of carbonyl (C=O) groups excluding carboxylic acids is 1. The summed E-state index contributed by atoms with van der Waals surface area (Å²) in [5, 5.41) is 0. The van der Waals surface area contributed by atoms with Gasteiger partial charge in [0.25, 0.3) is 0 Å². The molecule has 2 nitrogen and oxygen atoms in total. The van der Waals surface area contributed by atoms with Gasteiger partial charge in [0.2, 0.25) is 0 Å². The van der Waals surface area contributed by atoms with Crippen molar-refractivity contribution in [3.8, 4) is 0 Å². The fraction of sp³-hybridized carbons (Fsp3) is 0.900. The van der Waals surface area contributed by atoms with Crippen molar-refractivity contribution in [3.63, 3.8) is 0 Å². The summed E-state index contributed by atoms with van der Waals surface area (Å²) in [5.74, 6) is 1.69. The monoisotopic (exact) mass is 172 g/mol. The van der Waals surface area contributed by atoms with Crippen molar-refractivity contribution in [1.82, 2.24) is 0 Å². The topological polar surface area (TPSA) is 26.3 Å². The predicted molar refractivity (Wildman–Crippen MR) is 50.1 cm³/mol. The summed E-state index contributed by atoms with van der Waals surface area (Å²) in [6, 6.07) is 0. The summed E-state index contributed by atoms with van der Waals surface area (Å²) in [6.45, 7) is 6.63. The Morgan fingerprint density at radius 2 is 1.83 bits per heavy atom. The summed E-state index contributed by atoms with van der Waals surface area (Å²) in [7, 11) is 1.83. The molecule has 0 amide bonds. The molecule has 2 heteroatoms. The number of carbonyl (C=O) groups is 1. The maximum absolute atomic E-state index is 8.00. The van der Waals surface area contributed by atoms with E-state index in [9.17, 15) is 0 Å². The summed E-state index contributed by atoms with van der Waals surface area (Å²) >= 11 is 0. The van der Waals surface area contributed by atoms with Crippen LogP contribution >= 0.6 is 0 Å². The highest BCUT2D eigenvalue weighted by Crippen LogP contribution is 2.29. The zero-order chi connectivity index (χ0) is 9.56. The second-order valence-electron chi connectivity index (χ2n) is 3.67. The largest absolute Gasteiger partial charge is 0.381 e. The molecule has 0 spiro atoms. The van der Waals surface area contributed by atoms with E-state index in [1.807, 2.05) is 13.9 Å². The molecule has 0 aromatic rings. The fourth-order valence-corrected chi connectivity index (χ4v) is 1.99. The molecule has 12 heavy (non-hydrogen) atoms.